The summed E-state index contributed by atoms with van der Waals surface area (Å²) in [5.41, 5.74) is 1.66. The first-order valence-corrected chi connectivity index (χ1v) is 6.63. The zero-order chi connectivity index (χ0) is 11.8. The molecule has 0 nitrogen and oxygen atoms in total. The molecule has 0 heteroatoms. The maximum atomic E-state index is 2.55. The van der Waals surface area contributed by atoms with Crippen molar-refractivity contribution < 1.29 is 0 Å². The molecule has 0 aromatic carbocycles. The Morgan fingerprint density at radius 3 is 1.73 bits per heavy atom. The summed E-state index contributed by atoms with van der Waals surface area (Å²) in [6.45, 7) is 19.8. The molecular formula is C15H28. The van der Waals surface area contributed by atoms with Crippen LogP contribution in [-0.4, -0.2) is 0 Å². The molecule has 0 aromatic rings. The second-order valence-corrected chi connectivity index (χ2v) is 7.46. The lowest BCUT2D eigenvalue weighted by molar-refractivity contribution is -0.374. The van der Waals surface area contributed by atoms with Gasteiger partial charge in [-0.25, -0.2) is 0 Å². The van der Waals surface area contributed by atoms with Crippen molar-refractivity contribution in [1.82, 2.24) is 0 Å². The van der Waals surface area contributed by atoms with Crippen LogP contribution in [0.2, 0.25) is 0 Å². The second-order valence-electron chi connectivity index (χ2n) is 7.46. The monoisotopic (exact) mass is 208 g/mol. The molecule has 0 N–H and O–H groups in total. The summed E-state index contributed by atoms with van der Waals surface area (Å²) in [4.78, 5) is 0. The van der Waals surface area contributed by atoms with Gasteiger partial charge in [-0.1, -0.05) is 55.4 Å². The zero-order valence-corrected chi connectivity index (χ0v) is 11.8. The van der Waals surface area contributed by atoms with Crippen molar-refractivity contribution in [3.05, 3.63) is 0 Å². The van der Waals surface area contributed by atoms with Crippen LogP contribution in [0.5, 0.6) is 0 Å². The van der Waals surface area contributed by atoms with Crippen molar-refractivity contribution in [2.75, 3.05) is 0 Å². The van der Waals surface area contributed by atoms with E-state index in [0.717, 1.165) is 23.7 Å². The standard InChI is InChI=1S/C15H28/c1-9(2)14(7)11(4)12-10(3)13(5,6)15(12,14)8/h9-12H,1-8H3. The lowest BCUT2D eigenvalue weighted by Crippen LogP contribution is -2.80. The molecule has 2 aliphatic carbocycles. The Morgan fingerprint density at radius 1 is 0.867 bits per heavy atom. The first kappa shape index (κ1) is 11.5. The average Bonchev–Trinajstić information content (AvgIpc) is 2.15. The van der Waals surface area contributed by atoms with Gasteiger partial charge in [0, 0.05) is 0 Å². The topological polar surface area (TPSA) is 0 Å². The Labute approximate surface area is 95.8 Å². The first-order chi connectivity index (χ1) is 6.63. The highest BCUT2D eigenvalue weighted by Gasteiger charge is 2.79. The highest BCUT2D eigenvalue weighted by atomic mass is 14.8. The van der Waals surface area contributed by atoms with E-state index in [9.17, 15) is 0 Å². The molecule has 0 aliphatic heterocycles. The average molecular weight is 208 g/mol. The molecule has 2 saturated carbocycles. The number of hydrogen-bond acceptors (Lipinski definition) is 0. The minimum Gasteiger partial charge on any atom is -0.0622 e. The molecule has 5 unspecified atom stereocenters. The van der Waals surface area contributed by atoms with Crippen molar-refractivity contribution in [3.8, 4) is 0 Å². The number of rotatable bonds is 1. The molecule has 0 amide bonds. The van der Waals surface area contributed by atoms with Crippen LogP contribution in [0.3, 0.4) is 0 Å². The summed E-state index contributed by atoms with van der Waals surface area (Å²) in [5.74, 6) is 3.59. The highest BCUT2D eigenvalue weighted by Crippen LogP contribution is 2.84. The minimum atomic E-state index is 0.531. The van der Waals surface area contributed by atoms with Crippen molar-refractivity contribution in [2.24, 2.45) is 39.9 Å². The third kappa shape index (κ3) is 0.806. The van der Waals surface area contributed by atoms with Crippen LogP contribution in [0.4, 0.5) is 0 Å². The normalized spacial score (nSPS) is 57.0. The van der Waals surface area contributed by atoms with Gasteiger partial charge in [-0.05, 0) is 39.9 Å². The van der Waals surface area contributed by atoms with Gasteiger partial charge in [0.2, 0.25) is 0 Å². The van der Waals surface area contributed by atoms with E-state index >= 15 is 0 Å². The summed E-state index contributed by atoms with van der Waals surface area (Å²) < 4.78 is 0. The van der Waals surface area contributed by atoms with Crippen LogP contribution in [0.15, 0.2) is 0 Å². The van der Waals surface area contributed by atoms with E-state index in [4.69, 9.17) is 0 Å². The molecule has 2 fully saturated rings. The molecule has 88 valence electrons. The van der Waals surface area contributed by atoms with Gasteiger partial charge < -0.3 is 0 Å². The maximum absolute atomic E-state index is 2.55. The van der Waals surface area contributed by atoms with Crippen LogP contribution >= 0.6 is 0 Å². The van der Waals surface area contributed by atoms with Crippen molar-refractivity contribution in [3.63, 3.8) is 0 Å². The fraction of sp³-hybridized carbons (Fsp3) is 1.00. The molecular weight excluding hydrogens is 180 g/mol. The van der Waals surface area contributed by atoms with Gasteiger partial charge in [0.1, 0.15) is 0 Å². The van der Waals surface area contributed by atoms with E-state index in [1.165, 1.54) is 0 Å². The second kappa shape index (κ2) is 2.63. The highest BCUT2D eigenvalue weighted by molar-refractivity contribution is 5.27. The molecule has 15 heavy (non-hydrogen) atoms. The van der Waals surface area contributed by atoms with Crippen LogP contribution < -0.4 is 0 Å². The molecule has 2 aliphatic rings. The smallest absolute Gasteiger partial charge is 0.0179 e. The summed E-state index contributed by atoms with van der Waals surface area (Å²) in [6, 6.07) is 0. The van der Waals surface area contributed by atoms with Gasteiger partial charge in [-0.15, -0.1) is 0 Å². The molecule has 0 bridgehead atoms. The number of hydrogen-bond donors (Lipinski definition) is 0. The minimum absolute atomic E-state index is 0.531. The molecule has 0 saturated heterocycles. The van der Waals surface area contributed by atoms with E-state index in [2.05, 4.69) is 55.4 Å². The van der Waals surface area contributed by atoms with E-state index in [-0.39, 0.29) is 0 Å². The summed E-state index contributed by atoms with van der Waals surface area (Å²) in [5, 5.41) is 0. The van der Waals surface area contributed by atoms with E-state index < -0.39 is 0 Å². The maximum Gasteiger partial charge on any atom is -0.0179 e. The third-order valence-electron chi connectivity index (χ3n) is 7.49. The Balaban J connectivity index is 2.41. The Bertz CT molecular complexity index is 288. The summed E-state index contributed by atoms with van der Waals surface area (Å²) in [7, 11) is 0. The molecule has 0 heterocycles. The Hall–Kier alpha value is 0. The van der Waals surface area contributed by atoms with E-state index in [0.29, 0.717) is 16.2 Å². The van der Waals surface area contributed by atoms with Crippen LogP contribution in [-0.2, 0) is 0 Å². The fourth-order valence-electron chi connectivity index (χ4n) is 5.62. The Morgan fingerprint density at radius 2 is 1.33 bits per heavy atom. The van der Waals surface area contributed by atoms with Gasteiger partial charge >= 0.3 is 0 Å². The van der Waals surface area contributed by atoms with Crippen molar-refractivity contribution in [1.29, 1.82) is 0 Å². The summed E-state index contributed by atoms with van der Waals surface area (Å²) in [6.07, 6.45) is 0. The molecule has 2 rings (SSSR count). The molecule has 0 spiro atoms. The molecule has 5 atom stereocenters. The van der Waals surface area contributed by atoms with Gasteiger partial charge in [-0.3, -0.25) is 0 Å². The number of fused-ring (bicyclic) bond motifs is 1. The van der Waals surface area contributed by atoms with Crippen LogP contribution in [0.1, 0.15) is 55.4 Å². The van der Waals surface area contributed by atoms with Crippen LogP contribution in [0, 0.1) is 39.9 Å². The van der Waals surface area contributed by atoms with Gasteiger partial charge in [0.25, 0.3) is 0 Å². The first-order valence-electron chi connectivity index (χ1n) is 6.63. The van der Waals surface area contributed by atoms with E-state index in [1.54, 1.807) is 0 Å². The molecule has 0 radical (unpaired) electrons. The van der Waals surface area contributed by atoms with Gasteiger partial charge in [0.05, 0.1) is 0 Å². The van der Waals surface area contributed by atoms with Crippen LogP contribution in [0.25, 0.3) is 0 Å². The molecule has 0 aromatic heterocycles. The zero-order valence-electron chi connectivity index (χ0n) is 11.8. The van der Waals surface area contributed by atoms with Gasteiger partial charge in [-0.2, -0.15) is 0 Å². The predicted octanol–water partition coefficient (Wildman–Crippen LogP) is 4.60. The largest absolute Gasteiger partial charge is 0.0622 e. The quantitative estimate of drug-likeness (QED) is 0.591. The predicted molar refractivity (Wildman–Crippen MR) is 66.7 cm³/mol. The SMILES string of the molecule is CC1C2C(C)C(C)(C(C)C)C2(C)C1(C)C. The summed E-state index contributed by atoms with van der Waals surface area (Å²) >= 11 is 0. The lowest BCUT2D eigenvalue weighted by Gasteiger charge is -2.84. The third-order valence-corrected chi connectivity index (χ3v) is 7.49. The van der Waals surface area contributed by atoms with Crippen molar-refractivity contribution in [2.45, 2.75) is 55.4 Å². The Kier molecular flexibility index (Phi) is 2.01. The lowest BCUT2D eigenvalue weighted by atomic mass is 9.20. The van der Waals surface area contributed by atoms with Crippen molar-refractivity contribution >= 4 is 0 Å². The fourth-order valence-corrected chi connectivity index (χ4v) is 5.62. The van der Waals surface area contributed by atoms with E-state index in [1.807, 2.05) is 0 Å². The van der Waals surface area contributed by atoms with Gasteiger partial charge in [0.15, 0.2) is 0 Å².